The first-order valence-electron chi connectivity index (χ1n) is 10.9. The molecule has 1 saturated heterocycles. The zero-order chi connectivity index (χ0) is 24.5. The summed E-state index contributed by atoms with van der Waals surface area (Å²) in [7, 11) is -2.71. The molecule has 1 amide bonds. The van der Waals surface area contributed by atoms with E-state index in [4.69, 9.17) is 4.74 Å². The molecule has 0 spiro atoms. The van der Waals surface area contributed by atoms with Gasteiger partial charge in [-0.15, -0.1) is 0 Å². The van der Waals surface area contributed by atoms with Crippen LogP contribution in [0.4, 0.5) is 5.69 Å². The summed E-state index contributed by atoms with van der Waals surface area (Å²) < 4.78 is 32.9. The Labute approximate surface area is 197 Å². The van der Waals surface area contributed by atoms with Gasteiger partial charge < -0.3 is 10.1 Å². The van der Waals surface area contributed by atoms with Crippen molar-refractivity contribution in [1.82, 2.24) is 9.62 Å². The second-order valence-electron chi connectivity index (χ2n) is 8.53. The molecule has 2 aromatic carbocycles. The van der Waals surface area contributed by atoms with Crippen molar-refractivity contribution < 1.29 is 27.7 Å². The molecule has 4 atom stereocenters. The third-order valence-electron chi connectivity index (χ3n) is 6.50. The number of methoxy groups -OCH3 is 1. The molecule has 1 aliphatic heterocycles. The number of esters is 1. The zero-order valence-corrected chi connectivity index (χ0v) is 19.3. The molecule has 2 bridgehead atoms. The molecule has 1 heterocycles. The maximum absolute atomic E-state index is 13.4. The first kappa shape index (κ1) is 23.8. The molecule has 2 aliphatic rings. The van der Waals surface area contributed by atoms with Gasteiger partial charge in [0.2, 0.25) is 15.9 Å². The van der Waals surface area contributed by atoms with Crippen molar-refractivity contribution in [3.05, 3.63) is 70.3 Å². The van der Waals surface area contributed by atoms with Gasteiger partial charge in [-0.1, -0.05) is 30.3 Å². The topological polar surface area (TPSA) is 136 Å². The van der Waals surface area contributed by atoms with Crippen LogP contribution in [0.3, 0.4) is 0 Å². The number of nitro groups is 1. The van der Waals surface area contributed by atoms with E-state index in [1.807, 2.05) is 0 Å². The Balaban J connectivity index is 1.56. The van der Waals surface area contributed by atoms with E-state index in [1.165, 1.54) is 47.8 Å². The minimum Gasteiger partial charge on any atom is -0.467 e. The molecule has 1 aliphatic carbocycles. The third-order valence-corrected chi connectivity index (χ3v) is 8.45. The van der Waals surface area contributed by atoms with E-state index in [9.17, 15) is 28.1 Å². The van der Waals surface area contributed by atoms with Crippen molar-refractivity contribution in [1.29, 1.82) is 0 Å². The number of fused-ring (bicyclic) bond motifs is 2. The summed E-state index contributed by atoms with van der Waals surface area (Å²) in [6.07, 6.45) is 2.05. The molecular weight excluding hydrogens is 462 g/mol. The number of benzene rings is 2. The molecule has 4 rings (SSSR count). The van der Waals surface area contributed by atoms with E-state index < -0.39 is 38.9 Å². The van der Waals surface area contributed by atoms with Gasteiger partial charge in [-0.25, -0.2) is 13.2 Å². The maximum atomic E-state index is 13.4. The molecule has 2 unspecified atom stereocenters. The highest BCUT2D eigenvalue weighted by molar-refractivity contribution is 7.89. The summed E-state index contributed by atoms with van der Waals surface area (Å²) in [5, 5.41) is 13.6. The molecule has 11 heteroatoms. The first-order chi connectivity index (χ1) is 16.2. The number of hydrogen-bond donors (Lipinski definition) is 1. The lowest BCUT2D eigenvalue weighted by atomic mass is 9.98. The predicted octanol–water partition coefficient (Wildman–Crippen LogP) is 2.04. The van der Waals surface area contributed by atoms with E-state index >= 15 is 0 Å². The molecule has 1 N–H and O–H groups in total. The van der Waals surface area contributed by atoms with E-state index in [0.717, 1.165) is 6.42 Å². The number of carbonyl (C=O) groups excluding carboxylic acids is 2. The average molecular weight is 488 g/mol. The van der Waals surface area contributed by atoms with E-state index in [2.05, 4.69) is 5.32 Å². The number of piperidine rings is 1. The van der Waals surface area contributed by atoms with Crippen LogP contribution in [0.2, 0.25) is 0 Å². The van der Waals surface area contributed by atoms with Crippen LogP contribution in [-0.2, 0) is 30.8 Å². The minimum atomic E-state index is -3.90. The molecule has 1 saturated carbocycles. The van der Waals surface area contributed by atoms with Crippen LogP contribution in [0, 0.1) is 16.0 Å². The van der Waals surface area contributed by atoms with Gasteiger partial charge in [0.1, 0.15) is 12.1 Å². The third kappa shape index (κ3) is 4.53. The zero-order valence-electron chi connectivity index (χ0n) is 18.5. The van der Waals surface area contributed by atoms with Crippen molar-refractivity contribution in [2.24, 2.45) is 5.92 Å². The van der Waals surface area contributed by atoms with Gasteiger partial charge >= 0.3 is 5.97 Å². The number of nitrogens with one attached hydrogen (secondary N) is 1. The van der Waals surface area contributed by atoms with E-state index in [1.54, 1.807) is 18.2 Å². The normalized spacial score (nSPS) is 22.8. The Hall–Kier alpha value is -3.31. The SMILES string of the molecule is COC(=O)[C@H](Cc1ccc([N+](=O)[O-])cc1)NC(=O)[C@@H]1C2CCC(C2)N1S(=O)(=O)c1ccccc1. The lowest BCUT2D eigenvalue weighted by Gasteiger charge is -2.34. The van der Waals surface area contributed by atoms with Gasteiger partial charge in [0.15, 0.2) is 0 Å². The quantitative estimate of drug-likeness (QED) is 0.342. The van der Waals surface area contributed by atoms with Gasteiger partial charge in [0.05, 0.1) is 16.9 Å². The van der Waals surface area contributed by atoms with Gasteiger partial charge in [-0.3, -0.25) is 14.9 Å². The number of ether oxygens (including phenoxy) is 1. The smallest absolute Gasteiger partial charge is 0.328 e. The molecule has 34 heavy (non-hydrogen) atoms. The van der Waals surface area contributed by atoms with E-state index in [0.29, 0.717) is 18.4 Å². The number of sulfonamides is 1. The first-order valence-corrected chi connectivity index (χ1v) is 12.4. The second kappa shape index (κ2) is 9.51. The fourth-order valence-corrected chi connectivity index (χ4v) is 6.81. The summed E-state index contributed by atoms with van der Waals surface area (Å²) >= 11 is 0. The minimum absolute atomic E-state index is 0.0443. The summed E-state index contributed by atoms with van der Waals surface area (Å²) in [4.78, 5) is 36.3. The molecule has 2 aromatic rings. The van der Waals surface area contributed by atoms with Crippen LogP contribution in [0.25, 0.3) is 0 Å². The summed E-state index contributed by atoms with van der Waals surface area (Å²) in [6.45, 7) is 0. The fourth-order valence-electron chi connectivity index (χ4n) is 4.92. The van der Waals surface area contributed by atoms with Crippen LogP contribution in [0.15, 0.2) is 59.5 Å². The van der Waals surface area contributed by atoms with Crippen molar-refractivity contribution in [2.45, 2.75) is 48.7 Å². The molecule has 0 radical (unpaired) electrons. The van der Waals surface area contributed by atoms with Crippen molar-refractivity contribution >= 4 is 27.6 Å². The largest absolute Gasteiger partial charge is 0.467 e. The Morgan fingerprint density at radius 2 is 1.82 bits per heavy atom. The van der Waals surface area contributed by atoms with Crippen molar-refractivity contribution in [3.63, 3.8) is 0 Å². The van der Waals surface area contributed by atoms with Gasteiger partial charge in [0.25, 0.3) is 5.69 Å². The number of hydrogen-bond acceptors (Lipinski definition) is 7. The van der Waals surface area contributed by atoms with Crippen LogP contribution in [-0.4, -0.2) is 54.8 Å². The van der Waals surface area contributed by atoms with Crippen LogP contribution in [0.1, 0.15) is 24.8 Å². The fraction of sp³-hybridized carbons (Fsp3) is 0.391. The number of carbonyl (C=O) groups is 2. The maximum Gasteiger partial charge on any atom is 0.328 e. The lowest BCUT2D eigenvalue weighted by Crippen LogP contribution is -2.56. The molecule has 0 aromatic heterocycles. The molecule has 180 valence electrons. The monoisotopic (exact) mass is 487 g/mol. The van der Waals surface area contributed by atoms with Crippen molar-refractivity contribution in [3.8, 4) is 0 Å². The standard InChI is InChI=1S/C23H25N3O7S/c1-33-23(28)20(13-15-7-10-17(11-8-15)26(29)30)24-22(27)21-16-9-12-18(14-16)25(21)34(31,32)19-5-3-2-4-6-19/h2-8,10-11,16,18,20-21H,9,12-14H2,1H3,(H,24,27)/t16?,18?,20-,21-/m0/s1. The molecule has 2 fully saturated rings. The number of amides is 1. The Morgan fingerprint density at radius 1 is 1.15 bits per heavy atom. The summed E-state index contributed by atoms with van der Waals surface area (Å²) in [6, 6.07) is 11.4. The average Bonchev–Trinajstić information content (AvgIpc) is 3.46. The highest BCUT2D eigenvalue weighted by Gasteiger charge is 2.54. The van der Waals surface area contributed by atoms with Crippen molar-refractivity contribution in [2.75, 3.05) is 7.11 Å². The molecule has 10 nitrogen and oxygen atoms in total. The summed E-state index contributed by atoms with van der Waals surface area (Å²) in [5.74, 6) is -1.38. The lowest BCUT2D eigenvalue weighted by molar-refractivity contribution is -0.384. The Morgan fingerprint density at radius 3 is 2.44 bits per heavy atom. The van der Waals surface area contributed by atoms with Crippen LogP contribution < -0.4 is 5.32 Å². The Bertz CT molecular complexity index is 1180. The van der Waals surface area contributed by atoms with Crippen LogP contribution in [0.5, 0.6) is 0 Å². The van der Waals surface area contributed by atoms with E-state index in [-0.39, 0.29) is 29.0 Å². The number of rotatable bonds is 8. The van der Waals surface area contributed by atoms with Crippen LogP contribution >= 0.6 is 0 Å². The number of nitro benzene ring substituents is 1. The Kier molecular flexibility index (Phi) is 6.67. The number of nitrogens with zero attached hydrogens (tertiary/aromatic N) is 2. The van der Waals surface area contributed by atoms with Gasteiger partial charge in [0, 0.05) is 24.6 Å². The summed E-state index contributed by atoms with van der Waals surface area (Å²) in [5.41, 5.74) is 0.495. The highest BCUT2D eigenvalue weighted by atomic mass is 32.2. The second-order valence-corrected chi connectivity index (χ2v) is 10.4. The number of non-ortho nitro benzene ring substituents is 1. The predicted molar refractivity (Wildman–Crippen MR) is 121 cm³/mol. The van der Waals surface area contributed by atoms with Gasteiger partial charge in [-0.2, -0.15) is 4.31 Å². The molecular formula is C23H25N3O7S. The highest BCUT2D eigenvalue weighted by Crippen LogP contribution is 2.45. The van der Waals surface area contributed by atoms with Gasteiger partial charge in [-0.05, 0) is 42.9 Å².